The molecule has 0 aliphatic carbocycles. The molecule has 2 aromatic carbocycles. The molecule has 0 atom stereocenters. The standard InChI is InChI=1S/C21H23N5O5/c27-21(16-3-8-19(20(15-16)26(30)31)23-9-1-2-10-23)24-13-11-22(12-14-24)17-4-6-18(7-5-17)25(28)29/h3-8,15H,1-2,9-14H2. The number of piperazine rings is 1. The Hall–Kier alpha value is -3.69. The van der Waals surface area contributed by atoms with Gasteiger partial charge in [-0.1, -0.05) is 0 Å². The lowest BCUT2D eigenvalue weighted by atomic mass is 10.1. The second-order valence-electron chi connectivity index (χ2n) is 7.71. The van der Waals surface area contributed by atoms with Gasteiger partial charge in [-0.25, -0.2) is 0 Å². The third-order valence-electron chi connectivity index (χ3n) is 5.86. The molecule has 2 aliphatic heterocycles. The van der Waals surface area contributed by atoms with Gasteiger partial charge in [0.15, 0.2) is 0 Å². The third-order valence-corrected chi connectivity index (χ3v) is 5.86. The van der Waals surface area contributed by atoms with Crippen LogP contribution in [0, 0.1) is 20.2 Å². The first-order valence-electron chi connectivity index (χ1n) is 10.3. The molecule has 162 valence electrons. The van der Waals surface area contributed by atoms with Crippen molar-refractivity contribution in [3.8, 4) is 0 Å². The molecule has 0 spiro atoms. The fourth-order valence-electron chi connectivity index (χ4n) is 4.16. The maximum absolute atomic E-state index is 13.0. The zero-order valence-corrected chi connectivity index (χ0v) is 17.0. The largest absolute Gasteiger partial charge is 0.368 e. The monoisotopic (exact) mass is 425 g/mol. The number of hydrogen-bond acceptors (Lipinski definition) is 7. The average Bonchev–Trinajstić information content (AvgIpc) is 3.33. The van der Waals surface area contributed by atoms with Crippen molar-refractivity contribution in [2.24, 2.45) is 0 Å². The fraction of sp³-hybridized carbons (Fsp3) is 0.381. The summed E-state index contributed by atoms with van der Waals surface area (Å²) < 4.78 is 0. The number of carbonyl (C=O) groups excluding carboxylic acids is 1. The molecule has 0 radical (unpaired) electrons. The molecule has 0 saturated carbocycles. The van der Waals surface area contributed by atoms with Crippen molar-refractivity contribution in [2.45, 2.75) is 12.8 Å². The Labute approximate surface area is 179 Å². The molecule has 10 heteroatoms. The number of hydrogen-bond donors (Lipinski definition) is 0. The molecule has 0 aromatic heterocycles. The van der Waals surface area contributed by atoms with Crippen molar-refractivity contribution < 1.29 is 14.6 Å². The van der Waals surface area contributed by atoms with Crippen LogP contribution in [0.15, 0.2) is 42.5 Å². The molecule has 0 unspecified atom stereocenters. The van der Waals surface area contributed by atoms with E-state index in [2.05, 4.69) is 4.90 Å². The predicted octanol–water partition coefficient (Wildman–Crippen LogP) is 3.07. The van der Waals surface area contributed by atoms with E-state index in [0.717, 1.165) is 31.6 Å². The molecule has 10 nitrogen and oxygen atoms in total. The van der Waals surface area contributed by atoms with Gasteiger partial charge in [0.2, 0.25) is 0 Å². The topological polar surface area (TPSA) is 113 Å². The maximum atomic E-state index is 13.0. The van der Waals surface area contributed by atoms with Crippen LogP contribution in [0.3, 0.4) is 0 Å². The number of carbonyl (C=O) groups is 1. The highest BCUT2D eigenvalue weighted by molar-refractivity contribution is 5.96. The van der Waals surface area contributed by atoms with Crippen molar-refractivity contribution in [2.75, 3.05) is 49.1 Å². The molecular weight excluding hydrogens is 402 g/mol. The van der Waals surface area contributed by atoms with Gasteiger partial charge in [-0.3, -0.25) is 25.0 Å². The summed E-state index contributed by atoms with van der Waals surface area (Å²) in [6.07, 6.45) is 2.02. The van der Waals surface area contributed by atoms with Gasteiger partial charge < -0.3 is 14.7 Å². The normalized spacial score (nSPS) is 16.5. The Morgan fingerprint density at radius 1 is 0.774 bits per heavy atom. The van der Waals surface area contributed by atoms with E-state index in [0.29, 0.717) is 37.4 Å². The first kappa shape index (κ1) is 20.6. The fourth-order valence-corrected chi connectivity index (χ4v) is 4.16. The van der Waals surface area contributed by atoms with Crippen LogP contribution < -0.4 is 9.80 Å². The van der Waals surface area contributed by atoms with Gasteiger partial charge in [-0.05, 0) is 37.1 Å². The molecular formula is C21H23N5O5. The summed E-state index contributed by atoms with van der Waals surface area (Å²) in [6, 6.07) is 11.1. The van der Waals surface area contributed by atoms with E-state index in [9.17, 15) is 25.0 Å². The van der Waals surface area contributed by atoms with E-state index in [1.807, 2.05) is 4.90 Å². The quantitative estimate of drug-likeness (QED) is 0.534. The minimum atomic E-state index is -0.436. The van der Waals surface area contributed by atoms with Crippen LogP contribution >= 0.6 is 0 Å². The predicted molar refractivity (Wildman–Crippen MR) is 116 cm³/mol. The molecule has 2 heterocycles. The Kier molecular flexibility index (Phi) is 5.70. The lowest BCUT2D eigenvalue weighted by Gasteiger charge is -2.36. The molecule has 4 rings (SSSR count). The number of nitro benzene ring substituents is 2. The van der Waals surface area contributed by atoms with E-state index in [1.165, 1.54) is 18.2 Å². The summed E-state index contributed by atoms with van der Waals surface area (Å²) in [5.74, 6) is -0.223. The highest BCUT2D eigenvalue weighted by Crippen LogP contribution is 2.32. The first-order valence-corrected chi connectivity index (χ1v) is 10.3. The second kappa shape index (κ2) is 8.58. The summed E-state index contributed by atoms with van der Waals surface area (Å²) >= 11 is 0. The smallest absolute Gasteiger partial charge is 0.293 e. The minimum absolute atomic E-state index is 0.0303. The molecule has 31 heavy (non-hydrogen) atoms. The van der Waals surface area contributed by atoms with Crippen LogP contribution in [-0.4, -0.2) is 59.9 Å². The molecule has 1 amide bonds. The Balaban J connectivity index is 1.44. The molecule has 0 N–H and O–H groups in total. The summed E-state index contributed by atoms with van der Waals surface area (Å²) in [5, 5.41) is 22.4. The Bertz CT molecular complexity index is 996. The summed E-state index contributed by atoms with van der Waals surface area (Å²) in [7, 11) is 0. The van der Waals surface area contributed by atoms with Crippen LogP contribution in [0.4, 0.5) is 22.7 Å². The first-order chi connectivity index (χ1) is 14.9. The highest BCUT2D eigenvalue weighted by atomic mass is 16.6. The Morgan fingerprint density at radius 2 is 1.42 bits per heavy atom. The van der Waals surface area contributed by atoms with E-state index in [1.54, 1.807) is 29.2 Å². The molecule has 2 fully saturated rings. The van der Waals surface area contributed by atoms with Crippen molar-refractivity contribution >= 4 is 28.7 Å². The van der Waals surface area contributed by atoms with E-state index < -0.39 is 9.85 Å². The lowest BCUT2D eigenvalue weighted by molar-refractivity contribution is -0.384. The molecule has 0 bridgehead atoms. The van der Waals surface area contributed by atoms with Crippen LogP contribution in [0.2, 0.25) is 0 Å². The van der Waals surface area contributed by atoms with Crippen LogP contribution in [0.1, 0.15) is 23.2 Å². The number of nitro groups is 2. The van der Waals surface area contributed by atoms with Gasteiger partial charge in [0.1, 0.15) is 5.69 Å². The lowest BCUT2D eigenvalue weighted by Crippen LogP contribution is -2.48. The van der Waals surface area contributed by atoms with Crippen molar-refractivity contribution in [1.29, 1.82) is 0 Å². The third kappa shape index (κ3) is 4.27. The van der Waals surface area contributed by atoms with Crippen molar-refractivity contribution in [1.82, 2.24) is 4.90 Å². The van der Waals surface area contributed by atoms with Gasteiger partial charge in [0, 0.05) is 68.7 Å². The van der Waals surface area contributed by atoms with Gasteiger partial charge >= 0.3 is 0 Å². The summed E-state index contributed by atoms with van der Waals surface area (Å²) in [5.41, 5.74) is 1.76. The zero-order valence-electron chi connectivity index (χ0n) is 17.0. The van der Waals surface area contributed by atoms with Crippen molar-refractivity contribution in [3.63, 3.8) is 0 Å². The summed E-state index contributed by atoms with van der Waals surface area (Å²) in [6.45, 7) is 3.68. The molecule has 2 aliphatic rings. The maximum Gasteiger partial charge on any atom is 0.293 e. The van der Waals surface area contributed by atoms with Crippen molar-refractivity contribution in [3.05, 3.63) is 68.3 Å². The number of benzene rings is 2. The number of nitrogens with zero attached hydrogens (tertiary/aromatic N) is 5. The average molecular weight is 425 g/mol. The minimum Gasteiger partial charge on any atom is -0.368 e. The highest BCUT2D eigenvalue weighted by Gasteiger charge is 2.27. The SMILES string of the molecule is O=C(c1ccc(N2CCCC2)c([N+](=O)[O-])c1)N1CCN(c2ccc([N+](=O)[O-])cc2)CC1. The van der Waals surface area contributed by atoms with Gasteiger partial charge in [-0.15, -0.1) is 0 Å². The van der Waals surface area contributed by atoms with Gasteiger partial charge in [-0.2, -0.15) is 0 Å². The number of anilines is 2. The van der Waals surface area contributed by atoms with Crippen LogP contribution in [0.25, 0.3) is 0 Å². The van der Waals surface area contributed by atoms with Crippen LogP contribution in [0.5, 0.6) is 0 Å². The van der Waals surface area contributed by atoms with Gasteiger partial charge in [0.05, 0.1) is 9.85 Å². The Morgan fingerprint density at radius 3 is 2.00 bits per heavy atom. The number of rotatable bonds is 5. The second-order valence-corrected chi connectivity index (χ2v) is 7.71. The molecule has 2 saturated heterocycles. The summed E-state index contributed by atoms with van der Waals surface area (Å²) in [4.78, 5) is 40.3. The number of amides is 1. The van der Waals surface area contributed by atoms with E-state index in [4.69, 9.17) is 0 Å². The number of non-ortho nitro benzene ring substituents is 1. The molecule has 2 aromatic rings. The van der Waals surface area contributed by atoms with E-state index >= 15 is 0 Å². The van der Waals surface area contributed by atoms with Gasteiger partial charge in [0.25, 0.3) is 17.3 Å². The zero-order chi connectivity index (χ0) is 22.0. The van der Waals surface area contributed by atoms with E-state index in [-0.39, 0.29) is 17.3 Å². The van der Waals surface area contributed by atoms with Crippen LogP contribution in [-0.2, 0) is 0 Å².